The zero-order chi connectivity index (χ0) is 23.0. The van der Waals surface area contributed by atoms with Gasteiger partial charge >= 0.3 is 0 Å². The number of nitro benzene ring substituents is 1. The van der Waals surface area contributed by atoms with Gasteiger partial charge in [0.1, 0.15) is 0 Å². The van der Waals surface area contributed by atoms with E-state index in [2.05, 4.69) is 37.9 Å². The summed E-state index contributed by atoms with van der Waals surface area (Å²) in [5, 5.41) is 28.1. The SMILES string of the molecule is O=C(CSc1nnc(NCCc2ccccc2)s1)Nc1nc(-c2cccc([N+](=O)[O-])c2)cs1. The fourth-order valence-corrected chi connectivity index (χ4v) is 5.14. The third-order valence-corrected chi connectivity index (χ3v) is 7.14. The minimum atomic E-state index is -0.451. The van der Waals surface area contributed by atoms with Crippen molar-refractivity contribution in [2.24, 2.45) is 0 Å². The highest BCUT2D eigenvalue weighted by molar-refractivity contribution is 8.01. The molecule has 4 rings (SSSR count). The van der Waals surface area contributed by atoms with Crippen LogP contribution < -0.4 is 10.6 Å². The van der Waals surface area contributed by atoms with Gasteiger partial charge in [0.25, 0.3) is 5.69 Å². The summed E-state index contributed by atoms with van der Waals surface area (Å²) in [5.41, 5.74) is 2.43. The molecule has 4 aromatic rings. The fourth-order valence-electron chi connectivity index (χ4n) is 2.82. The summed E-state index contributed by atoms with van der Waals surface area (Å²) in [6.07, 6.45) is 0.886. The summed E-state index contributed by atoms with van der Waals surface area (Å²) in [6, 6.07) is 16.4. The Hall–Kier alpha value is -3.35. The van der Waals surface area contributed by atoms with Gasteiger partial charge in [0.2, 0.25) is 11.0 Å². The Morgan fingerprint density at radius 2 is 1.94 bits per heavy atom. The minimum Gasteiger partial charge on any atom is -0.360 e. The van der Waals surface area contributed by atoms with Crippen molar-refractivity contribution in [2.75, 3.05) is 22.9 Å². The molecule has 0 aliphatic rings. The van der Waals surface area contributed by atoms with Crippen LogP contribution in [0.25, 0.3) is 11.3 Å². The van der Waals surface area contributed by atoms with Crippen LogP contribution in [-0.4, -0.2) is 38.3 Å². The fraction of sp³-hybridized carbons (Fsp3) is 0.143. The molecular weight excluding hydrogens is 480 g/mol. The van der Waals surface area contributed by atoms with Crippen molar-refractivity contribution in [3.05, 3.63) is 75.7 Å². The summed E-state index contributed by atoms with van der Waals surface area (Å²) >= 11 is 3.97. The molecule has 0 aliphatic heterocycles. The molecule has 0 fully saturated rings. The standard InChI is InChI=1S/C21H18N6O3S3/c28-18(24-20-23-17(12-31-20)15-7-4-8-16(11-15)27(29)30)13-32-21-26-25-19(33-21)22-10-9-14-5-2-1-3-6-14/h1-8,11-12H,9-10,13H2,(H,22,25)(H,23,24,28). The highest BCUT2D eigenvalue weighted by Gasteiger charge is 2.13. The van der Waals surface area contributed by atoms with E-state index in [4.69, 9.17) is 0 Å². The van der Waals surface area contributed by atoms with Crippen LogP contribution in [0.15, 0.2) is 64.3 Å². The maximum absolute atomic E-state index is 12.3. The molecular formula is C21H18N6O3S3. The van der Waals surface area contributed by atoms with E-state index in [0.29, 0.717) is 20.7 Å². The van der Waals surface area contributed by atoms with Crippen LogP contribution in [-0.2, 0) is 11.2 Å². The van der Waals surface area contributed by atoms with Gasteiger partial charge in [-0.25, -0.2) is 4.98 Å². The first kappa shape index (κ1) is 22.8. The lowest BCUT2D eigenvalue weighted by molar-refractivity contribution is -0.384. The number of benzene rings is 2. The maximum Gasteiger partial charge on any atom is 0.270 e. The van der Waals surface area contributed by atoms with Gasteiger partial charge in [-0.15, -0.1) is 21.5 Å². The zero-order valence-corrected chi connectivity index (χ0v) is 19.6. The van der Waals surface area contributed by atoms with E-state index >= 15 is 0 Å². The number of hydrogen-bond donors (Lipinski definition) is 2. The molecule has 2 N–H and O–H groups in total. The lowest BCUT2D eigenvalue weighted by Crippen LogP contribution is -2.13. The molecule has 168 valence electrons. The van der Waals surface area contributed by atoms with E-state index in [1.54, 1.807) is 17.5 Å². The Morgan fingerprint density at radius 1 is 1.09 bits per heavy atom. The summed E-state index contributed by atoms with van der Waals surface area (Å²) in [7, 11) is 0. The average molecular weight is 499 g/mol. The highest BCUT2D eigenvalue weighted by atomic mass is 32.2. The van der Waals surface area contributed by atoms with Crippen LogP contribution in [0.1, 0.15) is 5.56 Å². The van der Waals surface area contributed by atoms with Crippen LogP contribution >= 0.6 is 34.4 Å². The van der Waals surface area contributed by atoms with Crippen LogP contribution in [0.3, 0.4) is 0 Å². The number of anilines is 2. The first-order valence-corrected chi connectivity index (χ1v) is 12.5. The van der Waals surface area contributed by atoms with Crippen LogP contribution in [0, 0.1) is 10.1 Å². The quantitative estimate of drug-likeness (QED) is 0.179. The van der Waals surface area contributed by atoms with Gasteiger partial charge in [-0.05, 0) is 12.0 Å². The molecule has 2 aromatic carbocycles. The van der Waals surface area contributed by atoms with Crippen molar-refractivity contribution in [1.82, 2.24) is 15.2 Å². The molecule has 0 unspecified atom stereocenters. The molecule has 1 amide bonds. The van der Waals surface area contributed by atoms with Crippen LogP contribution in [0.5, 0.6) is 0 Å². The normalized spacial score (nSPS) is 10.7. The Balaban J connectivity index is 1.24. The molecule has 2 aromatic heterocycles. The van der Waals surface area contributed by atoms with Gasteiger partial charge < -0.3 is 10.6 Å². The third-order valence-electron chi connectivity index (χ3n) is 4.37. The number of non-ortho nitro benzene ring substituents is 1. The largest absolute Gasteiger partial charge is 0.360 e. The second-order valence-electron chi connectivity index (χ2n) is 6.72. The number of hydrogen-bond acceptors (Lipinski definition) is 10. The van der Waals surface area contributed by atoms with Crippen LogP contribution in [0.4, 0.5) is 16.0 Å². The number of thioether (sulfide) groups is 1. The van der Waals surface area contributed by atoms with E-state index in [0.717, 1.165) is 18.1 Å². The molecule has 12 heteroatoms. The third kappa shape index (κ3) is 6.57. The number of nitrogens with one attached hydrogen (secondary N) is 2. The average Bonchev–Trinajstić information content (AvgIpc) is 3.48. The molecule has 0 aliphatic carbocycles. The minimum absolute atomic E-state index is 0.00605. The molecule has 0 saturated carbocycles. The van der Waals surface area contributed by atoms with Crippen molar-refractivity contribution < 1.29 is 9.72 Å². The summed E-state index contributed by atoms with van der Waals surface area (Å²) in [5.74, 6) is -0.0431. The molecule has 0 atom stereocenters. The number of aromatic nitrogens is 3. The van der Waals surface area contributed by atoms with Crippen molar-refractivity contribution in [1.29, 1.82) is 0 Å². The van der Waals surface area contributed by atoms with E-state index < -0.39 is 4.92 Å². The Bertz CT molecular complexity index is 1240. The molecule has 33 heavy (non-hydrogen) atoms. The number of amides is 1. The topological polar surface area (TPSA) is 123 Å². The van der Waals surface area contributed by atoms with Gasteiger partial charge in [0.15, 0.2) is 9.47 Å². The second-order valence-corrected chi connectivity index (χ2v) is 9.78. The van der Waals surface area contributed by atoms with Gasteiger partial charge in [-0.1, -0.05) is 65.6 Å². The van der Waals surface area contributed by atoms with E-state index in [9.17, 15) is 14.9 Å². The number of carbonyl (C=O) groups excluding carboxylic acids is 1. The van der Waals surface area contributed by atoms with E-state index in [1.165, 1.54) is 52.1 Å². The van der Waals surface area contributed by atoms with E-state index in [-0.39, 0.29) is 17.3 Å². The van der Waals surface area contributed by atoms with E-state index in [1.807, 2.05) is 18.2 Å². The highest BCUT2D eigenvalue weighted by Crippen LogP contribution is 2.28. The summed E-state index contributed by atoms with van der Waals surface area (Å²) in [4.78, 5) is 27.2. The molecule has 0 spiro atoms. The second kappa shape index (κ2) is 11.0. The number of rotatable bonds is 10. The Labute approximate surface area is 201 Å². The summed E-state index contributed by atoms with van der Waals surface area (Å²) < 4.78 is 0.698. The van der Waals surface area contributed by atoms with Gasteiger partial charge in [-0.3, -0.25) is 14.9 Å². The first-order valence-electron chi connectivity index (χ1n) is 9.81. The predicted octanol–water partition coefficient (Wildman–Crippen LogP) is 4.96. The van der Waals surface area contributed by atoms with Gasteiger partial charge in [0, 0.05) is 29.6 Å². The smallest absolute Gasteiger partial charge is 0.270 e. The molecule has 0 radical (unpaired) electrons. The van der Waals surface area contributed by atoms with Crippen LogP contribution in [0.2, 0.25) is 0 Å². The predicted molar refractivity (Wildman–Crippen MR) is 132 cm³/mol. The number of thiazole rings is 1. The summed E-state index contributed by atoms with van der Waals surface area (Å²) in [6.45, 7) is 0.751. The molecule has 2 heterocycles. The first-order chi connectivity index (χ1) is 16.1. The van der Waals surface area contributed by atoms with Crippen molar-refractivity contribution in [3.63, 3.8) is 0 Å². The zero-order valence-electron chi connectivity index (χ0n) is 17.1. The molecule has 0 bridgehead atoms. The maximum atomic E-state index is 12.3. The van der Waals surface area contributed by atoms with Crippen molar-refractivity contribution in [3.8, 4) is 11.3 Å². The molecule has 9 nitrogen and oxygen atoms in total. The number of carbonyl (C=O) groups is 1. The van der Waals surface area contributed by atoms with Gasteiger partial charge in [-0.2, -0.15) is 0 Å². The lowest BCUT2D eigenvalue weighted by atomic mass is 10.1. The monoisotopic (exact) mass is 498 g/mol. The van der Waals surface area contributed by atoms with Crippen molar-refractivity contribution in [2.45, 2.75) is 10.8 Å². The molecule has 0 saturated heterocycles. The Kier molecular flexibility index (Phi) is 7.60. The van der Waals surface area contributed by atoms with Crippen molar-refractivity contribution >= 4 is 56.3 Å². The Morgan fingerprint density at radius 3 is 2.76 bits per heavy atom. The van der Waals surface area contributed by atoms with Gasteiger partial charge in [0.05, 0.1) is 16.4 Å². The lowest BCUT2D eigenvalue weighted by Gasteiger charge is -2.01. The number of nitrogens with zero attached hydrogens (tertiary/aromatic N) is 4. The number of nitro groups is 1.